The Labute approximate surface area is 74.1 Å². The summed E-state index contributed by atoms with van der Waals surface area (Å²) >= 11 is 0. The van der Waals surface area contributed by atoms with Gasteiger partial charge < -0.3 is 5.73 Å². The van der Waals surface area contributed by atoms with Gasteiger partial charge in [0.2, 0.25) is 6.29 Å². The minimum absolute atomic E-state index is 0.00231. The Balaban J connectivity index is 3.23. The van der Waals surface area contributed by atoms with Crippen LogP contribution in [0.4, 0.5) is 5.69 Å². The predicted molar refractivity (Wildman–Crippen MR) is 44.9 cm³/mol. The summed E-state index contributed by atoms with van der Waals surface area (Å²) in [7, 11) is 0. The van der Waals surface area contributed by atoms with Crippen LogP contribution >= 0.6 is 0 Å². The number of carbonyl (C=O) groups excluding carboxylic acids is 2. The molecular weight excluding hydrogens is 172 g/mol. The van der Waals surface area contributed by atoms with Crippen molar-refractivity contribution < 1.29 is 14.8 Å². The fourth-order valence-electron chi connectivity index (χ4n) is 0.899. The molecule has 0 aliphatic carbocycles. The zero-order valence-corrected chi connectivity index (χ0v) is 6.57. The maximum absolute atomic E-state index is 10.9. The van der Waals surface area contributed by atoms with Crippen LogP contribution in [-0.4, -0.2) is 17.4 Å². The van der Waals surface area contributed by atoms with Crippen LogP contribution in [-0.2, 0) is 4.79 Å². The number of hydrogen-bond acceptors (Lipinski definition) is 4. The van der Waals surface area contributed by atoms with Crippen molar-refractivity contribution in [3.05, 3.63) is 29.3 Å². The van der Waals surface area contributed by atoms with Gasteiger partial charge in [0.25, 0.3) is 5.91 Å². The van der Waals surface area contributed by atoms with Crippen molar-refractivity contribution in [2.24, 2.45) is 0 Å². The van der Waals surface area contributed by atoms with Gasteiger partial charge in [-0.2, -0.15) is 0 Å². The van der Waals surface area contributed by atoms with E-state index >= 15 is 0 Å². The number of rotatable bonds is 2. The lowest BCUT2D eigenvalue weighted by Gasteiger charge is -2.02. The van der Waals surface area contributed by atoms with E-state index in [0.717, 1.165) is 0 Å². The molecular formula is C8H7N2O3. The molecule has 0 aliphatic rings. The molecule has 0 bridgehead atoms. The Morgan fingerprint density at radius 2 is 2.23 bits per heavy atom. The summed E-state index contributed by atoms with van der Waals surface area (Å²) in [5.41, 5.74) is 7.18. The van der Waals surface area contributed by atoms with Crippen LogP contribution in [0.3, 0.4) is 0 Å². The van der Waals surface area contributed by atoms with Gasteiger partial charge in [0.15, 0.2) is 0 Å². The van der Waals surface area contributed by atoms with E-state index in [2.05, 4.69) is 0 Å². The minimum atomic E-state index is -0.786. The highest BCUT2D eigenvalue weighted by atomic mass is 16.5. The van der Waals surface area contributed by atoms with Gasteiger partial charge in [0, 0.05) is 11.3 Å². The molecule has 1 rings (SSSR count). The molecule has 5 heteroatoms. The lowest BCUT2D eigenvalue weighted by Crippen LogP contribution is -2.20. The zero-order chi connectivity index (χ0) is 9.84. The molecule has 0 fully saturated rings. The highest BCUT2D eigenvalue weighted by molar-refractivity contribution is 6.01. The Hall–Kier alpha value is -1.88. The molecule has 0 saturated carbocycles. The number of amides is 1. The molecule has 67 valence electrons. The molecule has 5 nitrogen and oxygen atoms in total. The lowest BCUT2D eigenvalue weighted by molar-refractivity contribution is 0.0706. The molecule has 0 spiro atoms. The average Bonchev–Trinajstić information content (AvgIpc) is 2.16. The first-order valence-electron chi connectivity index (χ1n) is 3.41. The Kier molecular flexibility index (Phi) is 2.61. The van der Waals surface area contributed by atoms with E-state index < -0.39 is 5.91 Å². The van der Waals surface area contributed by atoms with Crippen molar-refractivity contribution in [3.63, 3.8) is 0 Å². The normalized spacial score (nSPS) is 9.31. The van der Waals surface area contributed by atoms with E-state index in [9.17, 15) is 9.59 Å². The molecule has 0 aliphatic heterocycles. The number of hydroxylamine groups is 1. The van der Waals surface area contributed by atoms with Crippen LogP contribution in [0.1, 0.15) is 15.9 Å². The molecule has 1 amide bonds. The molecule has 13 heavy (non-hydrogen) atoms. The van der Waals surface area contributed by atoms with E-state index in [-0.39, 0.29) is 11.1 Å². The molecule has 0 heterocycles. The van der Waals surface area contributed by atoms with Gasteiger partial charge in [-0.25, -0.2) is 5.48 Å². The average molecular weight is 179 g/mol. The van der Waals surface area contributed by atoms with Crippen LogP contribution in [0.5, 0.6) is 0 Å². The highest BCUT2D eigenvalue weighted by Gasteiger charge is 2.10. The largest absolute Gasteiger partial charge is 0.399 e. The summed E-state index contributed by atoms with van der Waals surface area (Å²) in [6, 6.07) is 4.10. The topological polar surface area (TPSA) is 92.4 Å². The van der Waals surface area contributed by atoms with E-state index in [4.69, 9.17) is 10.9 Å². The number of nitrogens with one attached hydrogen (secondary N) is 1. The third-order valence-electron chi connectivity index (χ3n) is 1.50. The van der Waals surface area contributed by atoms with Crippen molar-refractivity contribution in [3.8, 4) is 0 Å². The molecule has 0 aromatic heterocycles. The molecule has 0 atom stereocenters. The third kappa shape index (κ3) is 1.83. The van der Waals surface area contributed by atoms with Gasteiger partial charge in [0.05, 0.1) is 5.56 Å². The van der Waals surface area contributed by atoms with E-state index in [1.165, 1.54) is 23.7 Å². The summed E-state index contributed by atoms with van der Waals surface area (Å²) in [5.74, 6) is -0.786. The van der Waals surface area contributed by atoms with Gasteiger partial charge in [-0.3, -0.25) is 14.8 Å². The van der Waals surface area contributed by atoms with Crippen molar-refractivity contribution in [1.29, 1.82) is 0 Å². The van der Waals surface area contributed by atoms with Gasteiger partial charge in [-0.05, 0) is 18.2 Å². The quantitative estimate of drug-likeness (QED) is 0.334. The number of nitrogen functional groups attached to an aromatic ring is 1. The molecule has 0 saturated heterocycles. The van der Waals surface area contributed by atoms with Crippen molar-refractivity contribution in [2.75, 3.05) is 5.73 Å². The third-order valence-corrected chi connectivity index (χ3v) is 1.50. The van der Waals surface area contributed by atoms with Crippen molar-refractivity contribution in [1.82, 2.24) is 5.48 Å². The van der Waals surface area contributed by atoms with Crippen molar-refractivity contribution >= 4 is 17.9 Å². The van der Waals surface area contributed by atoms with E-state index in [1.54, 1.807) is 6.29 Å². The van der Waals surface area contributed by atoms with Crippen LogP contribution in [0.15, 0.2) is 18.2 Å². The smallest absolute Gasteiger partial charge is 0.275 e. The van der Waals surface area contributed by atoms with Crippen LogP contribution in [0, 0.1) is 0 Å². The number of hydrogen-bond donors (Lipinski definition) is 3. The number of anilines is 1. The molecule has 1 aromatic carbocycles. The van der Waals surface area contributed by atoms with Gasteiger partial charge in [-0.1, -0.05) is 0 Å². The predicted octanol–water partition coefficient (Wildman–Crippen LogP) is -0.154. The van der Waals surface area contributed by atoms with Crippen LogP contribution < -0.4 is 11.2 Å². The van der Waals surface area contributed by atoms with Crippen LogP contribution in [0.2, 0.25) is 0 Å². The summed E-state index contributed by atoms with van der Waals surface area (Å²) in [5, 5.41) is 8.33. The standard InChI is InChI=1S/C8H7N2O3/c9-6-2-1-5(4-11)7(3-6)8(12)10-13/h1-3,13H,9H2,(H,10,12). The first-order chi connectivity index (χ1) is 6.19. The number of benzene rings is 1. The molecule has 4 N–H and O–H groups in total. The Morgan fingerprint density at radius 3 is 2.77 bits per heavy atom. The maximum atomic E-state index is 10.9. The molecule has 0 unspecified atom stereocenters. The van der Waals surface area contributed by atoms with E-state index in [0.29, 0.717) is 5.69 Å². The van der Waals surface area contributed by atoms with Gasteiger partial charge >= 0.3 is 0 Å². The van der Waals surface area contributed by atoms with Crippen molar-refractivity contribution in [2.45, 2.75) is 0 Å². The highest BCUT2D eigenvalue weighted by Crippen LogP contribution is 2.11. The number of carbonyl (C=O) groups is 1. The first-order valence-corrected chi connectivity index (χ1v) is 3.41. The maximum Gasteiger partial charge on any atom is 0.275 e. The fourth-order valence-corrected chi connectivity index (χ4v) is 0.899. The first kappa shape index (κ1) is 9.21. The SMILES string of the molecule is Nc1ccc([C]=O)c(C(=O)NO)c1. The summed E-state index contributed by atoms with van der Waals surface area (Å²) < 4.78 is 0. The number of nitrogens with two attached hydrogens (primary N) is 1. The Morgan fingerprint density at radius 1 is 1.54 bits per heavy atom. The fraction of sp³-hybridized carbons (Fsp3) is 0. The zero-order valence-electron chi connectivity index (χ0n) is 6.57. The minimum Gasteiger partial charge on any atom is -0.399 e. The van der Waals surface area contributed by atoms with Gasteiger partial charge in [0.1, 0.15) is 0 Å². The second kappa shape index (κ2) is 3.68. The second-order valence-corrected chi connectivity index (χ2v) is 2.35. The summed E-state index contributed by atoms with van der Waals surface area (Å²) in [6.07, 6.45) is 1.56. The lowest BCUT2D eigenvalue weighted by atomic mass is 10.1. The monoisotopic (exact) mass is 179 g/mol. The second-order valence-electron chi connectivity index (χ2n) is 2.35. The molecule has 1 radical (unpaired) electrons. The van der Waals surface area contributed by atoms with Gasteiger partial charge in [-0.15, -0.1) is 0 Å². The van der Waals surface area contributed by atoms with E-state index in [1.807, 2.05) is 0 Å². The van der Waals surface area contributed by atoms with Crippen LogP contribution in [0.25, 0.3) is 0 Å². The molecule has 1 aromatic rings. The summed E-state index contributed by atoms with van der Waals surface area (Å²) in [4.78, 5) is 21.3. The Bertz CT molecular complexity index is 349. The summed E-state index contributed by atoms with van der Waals surface area (Å²) in [6.45, 7) is 0.